The van der Waals surface area contributed by atoms with Gasteiger partial charge in [-0.15, -0.1) is 0 Å². The third kappa shape index (κ3) is 3.50. The van der Waals surface area contributed by atoms with Gasteiger partial charge >= 0.3 is 5.97 Å². The largest absolute Gasteiger partial charge is 0.481 e. The van der Waals surface area contributed by atoms with Gasteiger partial charge in [0, 0.05) is 18.4 Å². The van der Waals surface area contributed by atoms with Crippen LogP contribution in [0, 0.1) is 0 Å². The summed E-state index contributed by atoms with van der Waals surface area (Å²) in [5.41, 5.74) is 1.76. The highest BCUT2D eigenvalue weighted by Gasteiger charge is 2.10. The van der Waals surface area contributed by atoms with E-state index in [9.17, 15) is 9.59 Å². The Labute approximate surface area is 95.1 Å². The van der Waals surface area contributed by atoms with Crippen molar-refractivity contribution in [2.45, 2.75) is 32.6 Å². The van der Waals surface area contributed by atoms with Gasteiger partial charge in [-0.2, -0.15) is 0 Å². The van der Waals surface area contributed by atoms with Crippen LogP contribution < -0.4 is 0 Å². The number of hydrogen-bond acceptors (Lipinski definition) is 2. The highest BCUT2D eigenvalue weighted by molar-refractivity contribution is 5.97. The van der Waals surface area contributed by atoms with E-state index < -0.39 is 5.97 Å². The molecule has 0 saturated carbocycles. The molecule has 86 valence electrons. The van der Waals surface area contributed by atoms with Crippen molar-refractivity contribution in [3.63, 3.8) is 0 Å². The van der Waals surface area contributed by atoms with Crippen LogP contribution in [0.15, 0.2) is 24.3 Å². The molecule has 0 amide bonds. The molecule has 0 bridgehead atoms. The minimum Gasteiger partial charge on any atom is -0.481 e. The summed E-state index contributed by atoms with van der Waals surface area (Å²) in [7, 11) is 0. The topological polar surface area (TPSA) is 54.4 Å². The van der Waals surface area contributed by atoms with E-state index in [1.54, 1.807) is 0 Å². The summed E-state index contributed by atoms with van der Waals surface area (Å²) in [5.74, 6) is -0.810. The highest BCUT2D eigenvalue weighted by atomic mass is 16.4. The maximum atomic E-state index is 11.8. The highest BCUT2D eigenvalue weighted by Crippen LogP contribution is 2.13. The van der Waals surface area contributed by atoms with Gasteiger partial charge in [0.25, 0.3) is 0 Å². The molecule has 1 N–H and O–H groups in total. The molecule has 0 radical (unpaired) electrons. The summed E-state index contributed by atoms with van der Waals surface area (Å²) >= 11 is 0. The van der Waals surface area contributed by atoms with Crippen molar-refractivity contribution in [1.82, 2.24) is 0 Å². The van der Waals surface area contributed by atoms with Crippen LogP contribution in [0.2, 0.25) is 0 Å². The molecule has 0 fully saturated rings. The van der Waals surface area contributed by atoms with E-state index in [1.807, 2.05) is 31.2 Å². The Balaban J connectivity index is 2.62. The summed E-state index contributed by atoms with van der Waals surface area (Å²) in [6.45, 7) is 2.00. The predicted octanol–water partition coefficient (Wildman–Crippen LogP) is 2.69. The van der Waals surface area contributed by atoms with Gasteiger partial charge < -0.3 is 5.11 Å². The summed E-state index contributed by atoms with van der Waals surface area (Å²) in [6.07, 6.45) is 1.59. The van der Waals surface area contributed by atoms with Gasteiger partial charge in [0.1, 0.15) is 0 Å². The fourth-order valence-corrected chi connectivity index (χ4v) is 1.64. The Morgan fingerprint density at radius 1 is 1.19 bits per heavy atom. The summed E-state index contributed by atoms with van der Waals surface area (Å²) in [5, 5.41) is 8.49. The number of aryl methyl sites for hydroxylation is 1. The Hall–Kier alpha value is -1.64. The molecule has 3 heteroatoms. The molecule has 0 aliphatic carbocycles. The van der Waals surface area contributed by atoms with Gasteiger partial charge in [0.15, 0.2) is 5.78 Å². The number of Topliss-reactive ketones (excluding diaryl/α,β-unsaturated/α-hetero) is 1. The Morgan fingerprint density at radius 3 is 2.50 bits per heavy atom. The van der Waals surface area contributed by atoms with Crippen molar-refractivity contribution >= 4 is 11.8 Å². The number of carbonyl (C=O) groups excluding carboxylic acids is 1. The summed E-state index contributed by atoms with van der Waals surface area (Å²) in [4.78, 5) is 22.1. The van der Waals surface area contributed by atoms with Crippen LogP contribution in [0.3, 0.4) is 0 Å². The molecule has 1 aromatic carbocycles. The number of carbonyl (C=O) groups is 2. The van der Waals surface area contributed by atoms with Crippen molar-refractivity contribution in [2.24, 2.45) is 0 Å². The number of benzene rings is 1. The molecule has 16 heavy (non-hydrogen) atoms. The first kappa shape index (κ1) is 12.4. The lowest BCUT2D eigenvalue weighted by Gasteiger charge is -2.05. The van der Waals surface area contributed by atoms with E-state index in [4.69, 9.17) is 5.11 Å². The Morgan fingerprint density at radius 2 is 1.88 bits per heavy atom. The molecule has 0 spiro atoms. The van der Waals surface area contributed by atoms with Crippen molar-refractivity contribution in [3.8, 4) is 0 Å². The summed E-state index contributed by atoms with van der Waals surface area (Å²) < 4.78 is 0. The average Bonchev–Trinajstić information content (AvgIpc) is 2.28. The quantitative estimate of drug-likeness (QED) is 0.750. The molecule has 0 aromatic heterocycles. The van der Waals surface area contributed by atoms with Gasteiger partial charge in [0.05, 0.1) is 0 Å². The fourth-order valence-electron chi connectivity index (χ4n) is 1.64. The number of rotatable bonds is 6. The standard InChI is InChI=1S/C13H16O3/c1-2-10-6-3-4-7-11(10)12(14)8-5-9-13(15)16/h3-4,6-7H,2,5,8-9H2,1H3,(H,15,16). The first-order valence-corrected chi connectivity index (χ1v) is 5.48. The molecular weight excluding hydrogens is 204 g/mol. The van der Waals surface area contributed by atoms with Crippen LogP contribution in [0.4, 0.5) is 0 Å². The zero-order chi connectivity index (χ0) is 12.0. The molecule has 1 rings (SSSR count). The van der Waals surface area contributed by atoms with Gasteiger partial charge in [-0.1, -0.05) is 31.2 Å². The Bertz CT molecular complexity index is 383. The van der Waals surface area contributed by atoms with Gasteiger partial charge in [-0.05, 0) is 18.4 Å². The van der Waals surface area contributed by atoms with Crippen molar-refractivity contribution in [3.05, 3.63) is 35.4 Å². The van der Waals surface area contributed by atoms with Crippen molar-refractivity contribution in [2.75, 3.05) is 0 Å². The molecule has 1 aromatic rings. The maximum absolute atomic E-state index is 11.8. The van der Waals surface area contributed by atoms with E-state index >= 15 is 0 Å². The molecule has 3 nitrogen and oxygen atoms in total. The van der Waals surface area contributed by atoms with Gasteiger partial charge in [0.2, 0.25) is 0 Å². The molecule has 0 heterocycles. The van der Waals surface area contributed by atoms with Gasteiger partial charge in [-0.3, -0.25) is 9.59 Å². The van der Waals surface area contributed by atoms with E-state index in [0.717, 1.165) is 17.5 Å². The number of ketones is 1. The zero-order valence-corrected chi connectivity index (χ0v) is 9.40. The maximum Gasteiger partial charge on any atom is 0.303 e. The Kier molecular flexibility index (Phi) is 4.70. The number of hydrogen-bond donors (Lipinski definition) is 1. The lowest BCUT2D eigenvalue weighted by Crippen LogP contribution is -2.04. The molecule has 0 aliphatic heterocycles. The molecule has 0 saturated heterocycles. The monoisotopic (exact) mass is 220 g/mol. The first-order chi connectivity index (χ1) is 7.65. The minimum atomic E-state index is -0.850. The fraction of sp³-hybridized carbons (Fsp3) is 0.385. The van der Waals surface area contributed by atoms with E-state index in [1.165, 1.54) is 0 Å². The van der Waals surface area contributed by atoms with Crippen molar-refractivity contribution < 1.29 is 14.7 Å². The molecule has 0 unspecified atom stereocenters. The van der Waals surface area contributed by atoms with Crippen LogP contribution in [0.5, 0.6) is 0 Å². The average molecular weight is 220 g/mol. The minimum absolute atomic E-state index is 0.0405. The summed E-state index contributed by atoms with van der Waals surface area (Å²) in [6, 6.07) is 7.49. The zero-order valence-electron chi connectivity index (χ0n) is 9.40. The van der Waals surface area contributed by atoms with Crippen molar-refractivity contribution in [1.29, 1.82) is 0 Å². The molecule has 0 atom stereocenters. The van der Waals surface area contributed by atoms with Crippen LogP contribution >= 0.6 is 0 Å². The number of carboxylic acids is 1. The SMILES string of the molecule is CCc1ccccc1C(=O)CCCC(=O)O. The van der Waals surface area contributed by atoms with Crippen LogP contribution in [0.25, 0.3) is 0 Å². The van der Waals surface area contributed by atoms with E-state index in [2.05, 4.69) is 0 Å². The second-order valence-electron chi connectivity index (χ2n) is 3.68. The molecular formula is C13H16O3. The number of aliphatic carboxylic acids is 1. The third-order valence-corrected chi connectivity index (χ3v) is 2.49. The van der Waals surface area contributed by atoms with Crippen LogP contribution in [-0.4, -0.2) is 16.9 Å². The normalized spacial score (nSPS) is 10.1. The molecule has 0 aliphatic rings. The lowest BCUT2D eigenvalue weighted by atomic mass is 9.98. The lowest BCUT2D eigenvalue weighted by molar-refractivity contribution is -0.137. The van der Waals surface area contributed by atoms with E-state index in [-0.39, 0.29) is 12.2 Å². The van der Waals surface area contributed by atoms with E-state index in [0.29, 0.717) is 12.8 Å². The second kappa shape index (κ2) is 6.05. The predicted molar refractivity (Wildman–Crippen MR) is 61.6 cm³/mol. The smallest absolute Gasteiger partial charge is 0.303 e. The van der Waals surface area contributed by atoms with Crippen LogP contribution in [-0.2, 0) is 11.2 Å². The third-order valence-electron chi connectivity index (χ3n) is 2.49. The second-order valence-corrected chi connectivity index (χ2v) is 3.68. The number of carboxylic acid groups (broad SMARTS) is 1. The van der Waals surface area contributed by atoms with Gasteiger partial charge in [-0.25, -0.2) is 0 Å². The van der Waals surface area contributed by atoms with Crippen LogP contribution in [0.1, 0.15) is 42.1 Å². The first-order valence-electron chi connectivity index (χ1n) is 5.48.